The molecule has 0 bridgehead atoms. The molecule has 0 unspecified atom stereocenters. The summed E-state index contributed by atoms with van der Waals surface area (Å²) in [6.45, 7) is 15.5. The van der Waals surface area contributed by atoms with E-state index in [0.29, 0.717) is 28.9 Å². The van der Waals surface area contributed by atoms with Crippen LogP contribution in [0.2, 0.25) is 0 Å². The fourth-order valence-corrected chi connectivity index (χ4v) is 3.52. The van der Waals surface area contributed by atoms with Crippen molar-refractivity contribution in [2.75, 3.05) is 45.8 Å². The number of hydrogen-bond donors (Lipinski definition) is 1. The predicted octanol–water partition coefficient (Wildman–Crippen LogP) is 2.41. The van der Waals surface area contributed by atoms with Crippen molar-refractivity contribution >= 4 is 17.0 Å². The van der Waals surface area contributed by atoms with E-state index in [-0.39, 0.29) is 11.8 Å². The molecule has 1 N–H and O–H groups in total. The molecular formula is C20H31N5O2. The summed E-state index contributed by atoms with van der Waals surface area (Å²) in [6, 6.07) is 1.87. The number of hydrogen-bond acceptors (Lipinski definition) is 6. The van der Waals surface area contributed by atoms with Crippen LogP contribution in [0.15, 0.2) is 10.6 Å². The van der Waals surface area contributed by atoms with Gasteiger partial charge >= 0.3 is 0 Å². The van der Waals surface area contributed by atoms with Crippen LogP contribution in [-0.4, -0.2) is 71.7 Å². The summed E-state index contributed by atoms with van der Waals surface area (Å²) in [4.78, 5) is 22.2. The summed E-state index contributed by atoms with van der Waals surface area (Å²) in [5, 5.41) is 7.76. The smallest absolute Gasteiger partial charge is 0.259 e. The monoisotopic (exact) mass is 373 g/mol. The Bertz CT molecular complexity index is 778. The number of nitrogens with zero attached hydrogens (tertiary/aromatic N) is 4. The van der Waals surface area contributed by atoms with Crippen molar-refractivity contribution in [3.8, 4) is 0 Å². The van der Waals surface area contributed by atoms with Gasteiger partial charge in [0.2, 0.25) is 0 Å². The average molecular weight is 374 g/mol. The van der Waals surface area contributed by atoms with Crippen LogP contribution in [0.1, 0.15) is 54.9 Å². The number of carbonyl (C=O) groups is 1. The highest BCUT2D eigenvalue weighted by Crippen LogP contribution is 2.25. The van der Waals surface area contributed by atoms with E-state index in [1.54, 1.807) is 0 Å². The van der Waals surface area contributed by atoms with Gasteiger partial charge in [0, 0.05) is 38.4 Å². The molecule has 7 nitrogen and oxygen atoms in total. The maximum atomic E-state index is 12.8. The number of amides is 1. The quantitative estimate of drug-likeness (QED) is 0.752. The van der Waals surface area contributed by atoms with Gasteiger partial charge < -0.3 is 19.6 Å². The lowest BCUT2D eigenvalue weighted by atomic mass is 10.0. The maximum Gasteiger partial charge on any atom is 0.259 e. The Morgan fingerprint density at radius 2 is 1.96 bits per heavy atom. The van der Waals surface area contributed by atoms with Gasteiger partial charge in [0.05, 0.1) is 16.6 Å². The van der Waals surface area contributed by atoms with E-state index in [9.17, 15) is 4.79 Å². The second-order valence-electron chi connectivity index (χ2n) is 7.58. The van der Waals surface area contributed by atoms with Crippen molar-refractivity contribution in [1.82, 2.24) is 25.3 Å². The van der Waals surface area contributed by atoms with Crippen LogP contribution in [0.5, 0.6) is 0 Å². The van der Waals surface area contributed by atoms with Crippen LogP contribution in [0.4, 0.5) is 0 Å². The third kappa shape index (κ3) is 4.65. The molecule has 0 aliphatic carbocycles. The average Bonchev–Trinajstić information content (AvgIpc) is 3.05. The molecule has 0 atom stereocenters. The van der Waals surface area contributed by atoms with Crippen molar-refractivity contribution in [1.29, 1.82) is 0 Å². The minimum absolute atomic E-state index is 0.0774. The lowest BCUT2D eigenvalue weighted by molar-refractivity contribution is 0.0949. The molecule has 1 saturated heterocycles. The molecule has 1 aliphatic rings. The van der Waals surface area contributed by atoms with Crippen LogP contribution in [0, 0.1) is 6.92 Å². The van der Waals surface area contributed by atoms with Gasteiger partial charge in [-0.3, -0.25) is 4.79 Å². The van der Waals surface area contributed by atoms with Gasteiger partial charge in [0.25, 0.3) is 11.6 Å². The molecule has 27 heavy (non-hydrogen) atoms. The van der Waals surface area contributed by atoms with Gasteiger partial charge in [-0.1, -0.05) is 25.9 Å². The third-order valence-electron chi connectivity index (χ3n) is 5.32. The molecule has 1 aliphatic heterocycles. The highest BCUT2D eigenvalue weighted by molar-refractivity contribution is 6.06. The molecule has 148 valence electrons. The summed E-state index contributed by atoms with van der Waals surface area (Å²) in [7, 11) is 0. The molecule has 0 radical (unpaired) electrons. The summed E-state index contributed by atoms with van der Waals surface area (Å²) in [6.07, 6.45) is 0.950. The van der Waals surface area contributed by atoms with E-state index >= 15 is 0 Å². The van der Waals surface area contributed by atoms with Crippen LogP contribution in [0.3, 0.4) is 0 Å². The predicted molar refractivity (Wildman–Crippen MR) is 106 cm³/mol. The summed E-state index contributed by atoms with van der Waals surface area (Å²) in [5.41, 5.74) is 2.60. The molecular weight excluding hydrogens is 342 g/mol. The topological polar surface area (TPSA) is 74.5 Å². The first-order valence-corrected chi connectivity index (χ1v) is 9.99. The van der Waals surface area contributed by atoms with E-state index in [1.807, 2.05) is 13.0 Å². The number of aromatic nitrogens is 2. The Balaban J connectivity index is 1.57. The normalized spacial score (nSPS) is 16.3. The molecule has 1 fully saturated rings. The number of rotatable bonds is 7. The number of fused-ring (bicyclic) bond motifs is 1. The fourth-order valence-electron chi connectivity index (χ4n) is 3.52. The zero-order valence-corrected chi connectivity index (χ0v) is 16.9. The summed E-state index contributed by atoms with van der Waals surface area (Å²) < 4.78 is 5.30. The highest BCUT2D eigenvalue weighted by Gasteiger charge is 2.20. The molecule has 0 spiro atoms. The number of nitrogens with one attached hydrogen (secondary N) is 1. The van der Waals surface area contributed by atoms with Gasteiger partial charge in [-0.05, 0) is 38.4 Å². The Morgan fingerprint density at radius 1 is 1.26 bits per heavy atom. The summed E-state index contributed by atoms with van der Waals surface area (Å²) >= 11 is 0. The van der Waals surface area contributed by atoms with E-state index in [0.717, 1.165) is 51.4 Å². The first-order valence-electron chi connectivity index (χ1n) is 9.99. The summed E-state index contributed by atoms with van der Waals surface area (Å²) in [5.74, 6) is 0.138. The largest absolute Gasteiger partial charge is 0.352 e. The molecule has 7 heteroatoms. The zero-order chi connectivity index (χ0) is 19.4. The number of piperazine rings is 1. The first kappa shape index (κ1) is 19.8. The van der Waals surface area contributed by atoms with Gasteiger partial charge in [-0.2, -0.15) is 0 Å². The second kappa shape index (κ2) is 8.80. The molecule has 0 aromatic carbocycles. The fraction of sp³-hybridized carbons (Fsp3) is 0.650. The van der Waals surface area contributed by atoms with E-state index < -0.39 is 0 Å². The van der Waals surface area contributed by atoms with Crippen LogP contribution in [-0.2, 0) is 0 Å². The van der Waals surface area contributed by atoms with Crippen molar-refractivity contribution in [2.45, 2.75) is 40.0 Å². The zero-order valence-electron chi connectivity index (χ0n) is 16.9. The molecule has 2 aromatic rings. The lowest BCUT2D eigenvalue weighted by Gasteiger charge is -2.33. The molecule has 3 heterocycles. The first-order chi connectivity index (χ1) is 13.0. The van der Waals surface area contributed by atoms with Crippen LogP contribution >= 0.6 is 0 Å². The van der Waals surface area contributed by atoms with E-state index in [4.69, 9.17) is 4.52 Å². The minimum Gasteiger partial charge on any atom is -0.352 e. The SMILES string of the molecule is CCN1CCN(CCCNC(=O)c2cc(C(C)C)nc3onc(C)c23)CC1. The standard InChI is InChI=1S/C20H31N5O2/c1-5-24-9-11-25(12-10-24)8-6-7-21-19(26)16-13-17(14(2)3)22-20-18(16)15(4)23-27-20/h13-14H,5-12H2,1-4H3,(H,21,26). The van der Waals surface area contributed by atoms with Crippen molar-refractivity contribution in [3.63, 3.8) is 0 Å². The number of aryl methyl sites for hydroxylation is 1. The third-order valence-corrected chi connectivity index (χ3v) is 5.32. The molecule has 1 amide bonds. The van der Waals surface area contributed by atoms with Gasteiger partial charge in [0.1, 0.15) is 0 Å². The van der Waals surface area contributed by atoms with Gasteiger partial charge in [-0.25, -0.2) is 4.98 Å². The van der Waals surface area contributed by atoms with E-state index in [2.05, 4.69) is 46.0 Å². The lowest BCUT2D eigenvalue weighted by Crippen LogP contribution is -2.46. The Kier molecular flexibility index (Phi) is 6.44. The van der Waals surface area contributed by atoms with Crippen molar-refractivity contribution in [2.24, 2.45) is 0 Å². The molecule has 0 saturated carbocycles. The molecule has 3 rings (SSSR count). The van der Waals surface area contributed by atoms with Crippen molar-refractivity contribution < 1.29 is 9.32 Å². The number of pyridine rings is 1. The van der Waals surface area contributed by atoms with Gasteiger partial charge in [0.15, 0.2) is 0 Å². The number of carbonyl (C=O) groups excluding carboxylic acids is 1. The number of likely N-dealkylation sites (N-methyl/N-ethyl adjacent to an activating group) is 1. The highest BCUT2D eigenvalue weighted by atomic mass is 16.5. The Labute approximate surface area is 161 Å². The van der Waals surface area contributed by atoms with E-state index in [1.165, 1.54) is 0 Å². The van der Waals surface area contributed by atoms with Crippen molar-refractivity contribution in [3.05, 3.63) is 23.0 Å². The molecule has 2 aromatic heterocycles. The van der Waals surface area contributed by atoms with Crippen LogP contribution < -0.4 is 5.32 Å². The Hall–Kier alpha value is -1.99. The second-order valence-corrected chi connectivity index (χ2v) is 7.58. The van der Waals surface area contributed by atoms with Crippen LogP contribution in [0.25, 0.3) is 11.1 Å². The Morgan fingerprint density at radius 3 is 2.63 bits per heavy atom. The minimum atomic E-state index is -0.0774. The maximum absolute atomic E-state index is 12.8. The van der Waals surface area contributed by atoms with Gasteiger partial charge in [-0.15, -0.1) is 0 Å².